The van der Waals surface area contributed by atoms with Gasteiger partial charge >= 0.3 is 5.97 Å². The van der Waals surface area contributed by atoms with Crippen molar-refractivity contribution in [3.63, 3.8) is 0 Å². The highest BCUT2D eigenvalue weighted by Gasteiger charge is 2.13. The lowest BCUT2D eigenvalue weighted by Crippen LogP contribution is -2.01. The number of carbonyl (C=O) groups is 1. The Morgan fingerprint density at radius 1 is 1.33 bits per heavy atom. The summed E-state index contributed by atoms with van der Waals surface area (Å²) in [5, 5.41) is 8.97. The zero-order valence-corrected chi connectivity index (χ0v) is 9.55. The van der Waals surface area contributed by atoms with E-state index in [0.29, 0.717) is 5.56 Å². The van der Waals surface area contributed by atoms with Crippen molar-refractivity contribution in [1.29, 1.82) is 0 Å². The molecule has 2 aromatic rings. The van der Waals surface area contributed by atoms with Gasteiger partial charge in [-0.05, 0) is 31.2 Å². The molecule has 1 N–H and O–H groups in total. The maximum Gasteiger partial charge on any atom is 0.336 e. The summed E-state index contributed by atoms with van der Waals surface area (Å²) in [7, 11) is 0. The fraction of sp³-hybridized carbons (Fsp3) is 0.0769. The van der Waals surface area contributed by atoms with E-state index in [0.717, 1.165) is 0 Å². The molecular formula is C13H10FNO3. The van der Waals surface area contributed by atoms with E-state index in [4.69, 9.17) is 9.84 Å². The zero-order chi connectivity index (χ0) is 13.1. The van der Waals surface area contributed by atoms with E-state index in [1.165, 1.54) is 30.5 Å². The molecule has 5 heteroatoms. The van der Waals surface area contributed by atoms with Gasteiger partial charge in [-0.15, -0.1) is 0 Å². The second-order valence-corrected chi connectivity index (χ2v) is 3.63. The average Bonchev–Trinajstić information content (AvgIpc) is 2.34. The van der Waals surface area contributed by atoms with Crippen LogP contribution in [-0.2, 0) is 0 Å². The number of nitrogens with zero attached hydrogens (tertiary/aromatic N) is 1. The van der Waals surface area contributed by atoms with Gasteiger partial charge in [0.05, 0.1) is 5.56 Å². The van der Waals surface area contributed by atoms with E-state index >= 15 is 0 Å². The molecule has 0 atom stereocenters. The third-order valence-corrected chi connectivity index (χ3v) is 2.45. The number of carboxylic acid groups (broad SMARTS) is 1. The average molecular weight is 247 g/mol. The highest BCUT2D eigenvalue weighted by molar-refractivity contribution is 5.90. The molecule has 1 aromatic heterocycles. The lowest BCUT2D eigenvalue weighted by molar-refractivity contribution is 0.0695. The summed E-state index contributed by atoms with van der Waals surface area (Å²) < 4.78 is 18.6. The molecular weight excluding hydrogens is 237 g/mol. The first kappa shape index (κ1) is 12.0. The highest BCUT2D eigenvalue weighted by atomic mass is 19.1. The van der Waals surface area contributed by atoms with Crippen LogP contribution in [0.1, 0.15) is 15.9 Å². The van der Waals surface area contributed by atoms with Crippen LogP contribution in [-0.4, -0.2) is 16.1 Å². The Morgan fingerprint density at radius 3 is 2.78 bits per heavy atom. The van der Waals surface area contributed by atoms with Crippen molar-refractivity contribution in [1.82, 2.24) is 4.98 Å². The van der Waals surface area contributed by atoms with Crippen molar-refractivity contribution in [2.45, 2.75) is 6.92 Å². The van der Waals surface area contributed by atoms with Gasteiger partial charge in [-0.25, -0.2) is 14.2 Å². The molecule has 0 amide bonds. The number of benzene rings is 1. The van der Waals surface area contributed by atoms with Crippen LogP contribution in [0.2, 0.25) is 0 Å². The lowest BCUT2D eigenvalue weighted by Gasteiger charge is -2.09. The molecule has 0 spiro atoms. The van der Waals surface area contributed by atoms with Crippen LogP contribution in [0.5, 0.6) is 11.6 Å². The minimum absolute atomic E-state index is 0.115. The van der Waals surface area contributed by atoms with E-state index < -0.39 is 11.8 Å². The van der Waals surface area contributed by atoms with Crippen molar-refractivity contribution < 1.29 is 19.0 Å². The monoisotopic (exact) mass is 247 g/mol. The number of aromatic nitrogens is 1. The Labute approximate surface area is 103 Å². The summed E-state index contributed by atoms with van der Waals surface area (Å²) in [6.45, 7) is 1.60. The molecule has 0 aliphatic heterocycles. The second-order valence-electron chi connectivity index (χ2n) is 3.63. The number of aromatic carboxylic acids is 1. The Kier molecular flexibility index (Phi) is 3.23. The van der Waals surface area contributed by atoms with Gasteiger partial charge < -0.3 is 9.84 Å². The Morgan fingerprint density at radius 2 is 2.11 bits per heavy atom. The van der Waals surface area contributed by atoms with Gasteiger partial charge in [0, 0.05) is 11.8 Å². The van der Waals surface area contributed by atoms with E-state index in [2.05, 4.69) is 4.98 Å². The smallest absolute Gasteiger partial charge is 0.336 e. The van der Waals surface area contributed by atoms with Crippen molar-refractivity contribution in [3.8, 4) is 11.6 Å². The standard InChI is InChI=1S/C13H10FNO3/c1-8-9(13(16)17)4-2-6-11(8)18-12-10(14)5-3-7-15-12/h2-7H,1H3,(H,16,17). The topological polar surface area (TPSA) is 59.4 Å². The molecule has 0 fully saturated rings. The van der Waals surface area contributed by atoms with Crippen LogP contribution in [0.4, 0.5) is 4.39 Å². The Bertz CT molecular complexity index is 599. The first-order valence-corrected chi connectivity index (χ1v) is 5.21. The van der Waals surface area contributed by atoms with Crippen LogP contribution < -0.4 is 4.74 Å². The summed E-state index contributed by atoms with van der Waals surface area (Å²) in [5.41, 5.74) is 0.541. The van der Waals surface area contributed by atoms with Crippen LogP contribution in [0.3, 0.4) is 0 Å². The summed E-state index contributed by atoms with van der Waals surface area (Å²) in [5.74, 6) is -1.56. The van der Waals surface area contributed by atoms with Gasteiger partial charge in [0.2, 0.25) is 0 Å². The quantitative estimate of drug-likeness (QED) is 0.905. The predicted octanol–water partition coefficient (Wildman–Crippen LogP) is 3.02. The van der Waals surface area contributed by atoms with Crippen LogP contribution >= 0.6 is 0 Å². The van der Waals surface area contributed by atoms with Gasteiger partial charge in [0.1, 0.15) is 5.75 Å². The van der Waals surface area contributed by atoms with Crippen molar-refractivity contribution in [3.05, 3.63) is 53.5 Å². The number of hydrogen-bond acceptors (Lipinski definition) is 3. The van der Waals surface area contributed by atoms with Gasteiger partial charge in [-0.3, -0.25) is 0 Å². The number of ether oxygens (including phenoxy) is 1. The molecule has 92 valence electrons. The molecule has 1 heterocycles. The summed E-state index contributed by atoms with van der Waals surface area (Å²) in [6.07, 6.45) is 1.40. The number of hydrogen-bond donors (Lipinski definition) is 1. The van der Waals surface area contributed by atoms with Gasteiger partial charge in [-0.1, -0.05) is 6.07 Å². The minimum Gasteiger partial charge on any atom is -0.478 e. The van der Waals surface area contributed by atoms with Crippen molar-refractivity contribution >= 4 is 5.97 Å². The third-order valence-electron chi connectivity index (χ3n) is 2.45. The maximum absolute atomic E-state index is 13.4. The van der Waals surface area contributed by atoms with Crippen LogP contribution in [0, 0.1) is 12.7 Å². The SMILES string of the molecule is Cc1c(Oc2ncccc2F)cccc1C(=O)O. The molecule has 0 radical (unpaired) electrons. The first-order valence-electron chi connectivity index (χ1n) is 5.21. The highest BCUT2D eigenvalue weighted by Crippen LogP contribution is 2.27. The Hall–Kier alpha value is -2.43. The minimum atomic E-state index is -1.06. The number of rotatable bonds is 3. The van der Waals surface area contributed by atoms with Gasteiger partial charge in [-0.2, -0.15) is 0 Å². The van der Waals surface area contributed by atoms with Crippen molar-refractivity contribution in [2.24, 2.45) is 0 Å². The fourth-order valence-electron chi connectivity index (χ4n) is 1.51. The summed E-state index contributed by atoms with van der Waals surface area (Å²) in [6, 6.07) is 7.23. The normalized spacial score (nSPS) is 10.1. The van der Waals surface area contributed by atoms with E-state index in [9.17, 15) is 9.18 Å². The first-order chi connectivity index (χ1) is 8.59. The molecule has 1 aromatic carbocycles. The number of halogens is 1. The third kappa shape index (κ3) is 2.29. The molecule has 18 heavy (non-hydrogen) atoms. The second kappa shape index (κ2) is 4.83. The molecule has 0 aliphatic rings. The van der Waals surface area contributed by atoms with E-state index in [1.54, 1.807) is 13.0 Å². The fourth-order valence-corrected chi connectivity index (χ4v) is 1.51. The van der Waals surface area contributed by atoms with Gasteiger partial charge in [0.15, 0.2) is 5.82 Å². The van der Waals surface area contributed by atoms with Crippen LogP contribution in [0.25, 0.3) is 0 Å². The molecule has 0 aliphatic carbocycles. The molecule has 2 rings (SSSR count). The largest absolute Gasteiger partial charge is 0.478 e. The van der Waals surface area contributed by atoms with E-state index in [-0.39, 0.29) is 17.2 Å². The van der Waals surface area contributed by atoms with Crippen LogP contribution in [0.15, 0.2) is 36.5 Å². The number of pyridine rings is 1. The zero-order valence-electron chi connectivity index (χ0n) is 9.55. The van der Waals surface area contributed by atoms with Gasteiger partial charge in [0.25, 0.3) is 5.88 Å². The Balaban J connectivity index is 2.39. The molecule has 0 unspecified atom stereocenters. The molecule has 0 saturated carbocycles. The van der Waals surface area contributed by atoms with E-state index in [1.807, 2.05) is 0 Å². The molecule has 4 nitrogen and oxygen atoms in total. The van der Waals surface area contributed by atoms with Crippen molar-refractivity contribution in [2.75, 3.05) is 0 Å². The molecule has 0 bridgehead atoms. The predicted molar refractivity (Wildman–Crippen MR) is 62.4 cm³/mol. The molecule has 0 saturated heterocycles. The summed E-state index contributed by atoms with van der Waals surface area (Å²) in [4.78, 5) is 14.7. The summed E-state index contributed by atoms with van der Waals surface area (Å²) >= 11 is 0. The lowest BCUT2D eigenvalue weighted by atomic mass is 10.1. The number of carboxylic acids is 1. The maximum atomic E-state index is 13.4.